The Labute approximate surface area is 333 Å². The molecule has 0 spiro atoms. The highest BCUT2D eigenvalue weighted by molar-refractivity contribution is 7.25. The zero-order valence-corrected chi connectivity index (χ0v) is 30.7. The Hall–Kier alpha value is -7.21. The second kappa shape index (κ2) is 13.3. The Bertz CT molecular complexity index is 3470. The standard InChI is InChI=1S/C51H32N4S/c1-3-13-33(14-4-1)34-23-25-36(26-24-34)49-52-50(38-27-29-43-42-20-10-12-22-47(42)56-48(43)32-38)54-51(53-49)55-45-21-11-9-19-41(45)44-31-37(28-30-46(44)55)40-18-8-7-17-39(40)35-15-5-2-6-16-35/h1-32H/i9D,11D,19D,21D. The van der Waals surface area contributed by atoms with Crippen LogP contribution in [-0.2, 0) is 0 Å². The van der Waals surface area contributed by atoms with Gasteiger partial charge >= 0.3 is 0 Å². The average molecular weight is 737 g/mol. The smallest absolute Gasteiger partial charge is 0.238 e. The van der Waals surface area contributed by atoms with Gasteiger partial charge in [0, 0.05) is 42.1 Å². The van der Waals surface area contributed by atoms with Gasteiger partial charge in [-0.25, -0.2) is 4.98 Å². The SMILES string of the molecule is [2H]c1c([2H])c([2H])c2c(c1[2H])c1cc(-c3ccccc3-c3ccccc3)ccc1n2-c1nc(-c2ccc(-c3ccccc3)cc2)nc(-c2ccc3c(c2)sc2ccccc23)n1. The third-order valence-corrected chi connectivity index (χ3v) is 11.6. The molecule has 0 saturated carbocycles. The molecule has 3 heterocycles. The van der Waals surface area contributed by atoms with Gasteiger partial charge in [0.15, 0.2) is 11.6 Å². The summed E-state index contributed by atoms with van der Waals surface area (Å²) in [6.45, 7) is 0. The van der Waals surface area contributed by atoms with E-state index >= 15 is 0 Å². The summed E-state index contributed by atoms with van der Waals surface area (Å²) in [5.41, 5.74) is 8.76. The Morgan fingerprint density at radius 1 is 0.393 bits per heavy atom. The molecule has 0 aliphatic carbocycles. The Kier molecular flexibility index (Phi) is 6.70. The van der Waals surface area contributed by atoms with Crippen molar-refractivity contribution in [1.82, 2.24) is 19.5 Å². The molecule has 0 aliphatic heterocycles. The lowest BCUT2D eigenvalue weighted by molar-refractivity contribution is 0.954. The summed E-state index contributed by atoms with van der Waals surface area (Å²) >= 11 is 1.72. The van der Waals surface area contributed by atoms with Gasteiger partial charge in [0.25, 0.3) is 0 Å². The number of thiophene rings is 1. The van der Waals surface area contributed by atoms with Crippen LogP contribution in [0.3, 0.4) is 0 Å². The lowest BCUT2D eigenvalue weighted by Gasteiger charge is -2.12. The molecule has 0 N–H and O–H groups in total. The van der Waals surface area contributed by atoms with Crippen LogP contribution < -0.4 is 0 Å². The molecule has 0 atom stereocenters. The van der Waals surface area contributed by atoms with E-state index in [9.17, 15) is 2.74 Å². The molecule has 11 aromatic rings. The monoisotopic (exact) mass is 736 g/mol. The van der Waals surface area contributed by atoms with E-state index in [0.29, 0.717) is 33.5 Å². The van der Waals surface area contributed by atoms with E-state index in [0.717, 1.165) is 54.6 Å². The lowest BCUT2D eigenvalue weighted by atomic mass is 9.94. The van der Waals surface area contributed by atoms with Gasteiger partial charge in [0.1, 0.15) is 0 Å². The zero-order valence-electron chi connectivity index (χ0n) is 33.9. The number of benzene rings is 8. The van der Waals surface area contributed by atoms with Crippen molar-refractivity contribution in [3.8, 4) is 62.1 Å². The highest BCUT2D eigenvalue weighted by Crippen LogP contribution is 2.39. The summed E-state index contributed by atoms with van der Waals surface area (Å²) in [6, 6.07) is 56.5. The molecule has 0 fully saturated rings. The Morgan fingerprint density at radius 3 is 1.79 bits per heavy atom. The van der Waals surface area contributed by atoms with E-state index in [2.05, 4.69) is 84.9 Å². The van der Waals surface area contributed by atoms with Crippen LogP contribution in [0.1, 0.15) is 5.48 Å². The number of hydrogen-bond donors (Lipinski definition) is 0. The summed E-state index contributed by atoms with van der Waals surface area (Å²) in [5.74, 6) is 1.14. The van der Waals surface area contributed by atoms with Crippen molar-refractivity contribution in [2.24, 2.45) is 0 Å². The summed E-state index contributed by atoms with van der Waals surface area (Å²) in [7, 11) is 0. The van der Waals surface area contributed by atoms with Crippen molar-refractivity contribution in [1.29, 1.82) is 0 Å². The van der Waals surface area contributed by atoms with Gasteiger partial charge in [-0.2, -0.15) is 9.97 Å². The maximum Gasteiger partial charge on any atom is 0.238 e. The van der Waals surface area contributed by atoms with Crippen LogP contribution in [0.4, 0.5) is 0 Å². The fraction of sp³-hybridized carbons (Fsp3) is 0. The van der Waals surface area contributed by atoms with Crippen molar-refractivity contribution in [3.63, 3.8) is 0 Å². The molecule has 0 saturated heterocycles. The molecular formula is C51H32N4S. The fourth-order valence-corrected chi connectivity index (χ4v) is 8.88. The van der Waals surface area contributed by atoms with Gasteiger partial charge in [-0.3, -0.25) is 4.57 Å². The molecule has 4 nitrogen and oxygen atoms in total. The van der Waals surface area contributed by atoms with Gasteiger partial charge < -0.3 is 0 Å². The number of fused-ring (bicyclic) bond motifs is 6. The summed E-state index contributed by atoms with van der Waals surface area (Å²) in [6.07, 6.45) is 0. The van der Waals surface area contributed by atoms with Crippen LogP contribution in [0, 0.1) is 0 Å². The minimum absolute atomic E-state index is 0.121. The van der Waals surface area contributed by atoms with Crippen LogP contribution in [0.2, 0.25) is 0 Å². The minimum atomic E-state index is -0.326. The topological polar surface area (TPSA) is 43.6 Å². The molecule has 0 radical (unpaired) electrons. The minimum Gasteiger partial charge on any atom is -0.278 e. The van der Waals surface area contributed by atoms with Gasteiger partial charge in [0.05, 0.1) is 16.5 Å². The predicted molar refractivity (Wildman–Crippen MR) is 234 cm³/mol. The third-order valence-electron chi connectivity index (χ3n) is 10.4. The predicted octanol–water partition coefficient (Wildman–Crippen LogP) is 13.7. The van der Waals surface area contributed by atoms with Crippen LogP contribution in [0.15, 0.2) is 194 Å². The molecule has 0 bridgehead atoms. The Morgan fingerprint density at radius 2 is 0.982 bits per heavy atom. The second-order valence-corrected chi connectivity index (χ2v) is 14.8. The first-order valence-corrected chi connectivity index (χ1v) is 19.3. The number of hydrogen-bond acceptors (Lipinski definition) is 4. The van der Waals surface area contributed by atoms with E-state index < -0.39 is 0 Å². The molecule has 3 aromatic heterocycles. The first-order chi connectivity index (χ1) is 29.4. The van der Waals surface area contributed by atoms with Crippen molar-refractivity contribution < 1.29 is 5.48 Å². The average Bonchev–Trinajstić information content (AvgIpc) is 3.86. The fourth-order valence-electron chi connectivity index (χ4n) is 7.73. The summed E-state index contributed by atoms with van der Waals surface area (Å²) in [4.78, 5) is 15.4. The lowest BCUT2D eigenvalue weighted by Crippen LogP contribution is -2.06. The van der Waals surface area contributed by atoms with E-state index in [1.54, 1.807) is 15.9 Å². The normalized spacial score (nSPS) is 12.6. The van der Waals surface area contributed by atoms with E-state index in [4.69, 9.17) is 17.7 Å². The quantitative estimate of drug-likeness (QED) is 0.171. The van der Waals surface area contributed by atoms with E-state index in [1.165, 1.54) is 10.1 Å². The summed E-state index contributed by atoms with van der Waals surface area (Å²) < 4.78 is 40.2. The van der Waals surface area contributed by atoms with Gasteiger partial charge in [-0.15, -0.1) is 11.3 Å². The van der Waals surface area contributed by atoms with Crippen LogP contribution >= 0.6 is 11.3 Å². The van der Waals surface area contributed by atoms with Crippen molar-refractivity contribution in [2.45, 2.75) is 0 Å². The molecule has 11 rings (SSSR count). The van der Waals surface area contributed by atoms with E-state index in [-0.39, 0.29) is 30.1 Å². The van der Waals surface area contributed by atoms with Crippen molar-refractivity contribution >= 4 is 53.3 Å². The van der Waals surface area contributed by atoms with Gasteiger partial charge in [-0.1, -0.05) is 164 Å². The maximum atomic E-state index is 9.32. The third kappa shape index (κ3) is 5.48. The molecule has 5 heteroatoms. The molecule has 56 heavy (non-hydrogen) atoms. The van der Waals surface area contributed by atoms with Gasteiger partial charge in [-0.05, 0) is 63.7 Å². The molecule has 0 amide bonds. The summed E-state index contributed by atoms with van der Waals surface area (Å²) in [5, 5.41) is 3.43. The van der Waals surface area contributed by atoms with Crippen molar-refractivity contribution in [3.05, 3.63) is 194 Å². The first kappa shape index (κ1) is 28.3. The Balaban J connectivity index is 1.17. The molecule has 262 valence electrons. The van der Waals surface area contributed by atoms with Crippen molar-refractivity contribution in [2.75, 3.05) is 0 Å². The largest absolute Gasteiger partial charge is 0.278 e. The first-order valence-electron chi connectivity index (χ1n) is 20.4. The van der Waals surface area contributed by atoms with Crippen LogP contribution in [0.25, 0.3) is 104 Å². The maximum absolute atomic E-state index is 9.32. The molecule has 0 unspecified atom stereocenters. The van der Waals surface area contributed by atoms with Gasteiger partial charge in [0.2, 0.25) is 5.95 Å². The van der Waals surface area contributed by atoms with E-state index in [1.807, 2.05) is 84.9 Å². The highest BCUT2D eigenvalue weighted by Gasteiger charge is 2.20. The van der Waals surface area contributed by atoms with Crippen LogP contribution in [0.5, 0.6) is 0 Å². The number of aromatic nitrogens is 4. The molecule has 8 aromatic carbocycles. The number of nitrogens with zero attached hydrogens (tertiary/aromatic N) is 4. The number of para-hydroxylation sites is 1. The second-order valence-electron chi connectivity index (χ2n) is 13.7. The van der Waals surface area contributed by atoms with Crippen LogP contribution in [-0.4, -0.2) is 19.5 Å². The highest BCUT2D eigenvalue weighted by atomic mass is 32.1. The zero-order chi connectivity index (χ0) is 40.5. The molecular weight excluding hydrogens is 701 g/mol. The molecule has 0 aliphatic rings. The number of rotatable bonds is 6.